The van der Waals surface area contributed by atoms with Crippen molar-refractivity contribution < 1.29 is 9.59 Å². The average molecular weight is 372 g/mol. The van der Waals surface area contributed by atoms with Crippen LogP contribution in [0.4, 0.5) is 0 Å². The van der Waals surface area contributed by atoms with Crippen molar-refractivity contribution in [1.82, 2.24) is 15.1 Å². The molecule has 148 valence electrons. The molecule has 5 nitrogen and oxygen atoms in total. The zero-order valence-corrected chi connectivity index (χ0v) is 16.7. The number of nitrogens with zero attached hydrogens (tertiary/aromatic N) is 2. The molecule has 0 saturated carbocycles. The van der Waals surface area contributed by atoms with E-state index in [1.54, 1.807) is 0 Å². The lowest BCUT2D eigenvalue weighted by atomic mass is 9.93. The topological polar surface area (TPSA) is 52.7 Å². The van der Waals surface area contributed by atoms with E-state index in [0.29, 0.717) is 5.91 Å². The molecule has 3 rings (SSSR count). The van der Waals surface area contributed by atoms with E-state index in [2.05, 4.69) is 15.1 Å². The van der Waals surface area contributed by atoms with Crippen molar-refractivity contribution in [3.05, 3.63) is 35.9 Å². The Balaban J connectivity index is 1.46. The van der Waals surface area contributed by atoms with E-state index < -0.39 is 0 Å². The van der Waals surface area contributed by atoms with Crippen molar-refractivity contribution >= 4 is 11.8 Å². The van der Waals surface area contributed by atoms with Crippen LogP contribution in [0.1, 0.15) is 57.6 Å². The predicted octanol–water partition coefficient (Wildman–Crippen LogP) is 2.98. The Morgan fingerprint density at radius 3 is 2.22 bits per heavy atom. The van der Waals surface area contributed by atoms with Crippen LogP contribution in [0.2, 0.25) is 0 Å². The number of hydrogen-bond donors (Lipinski definition) is 1. The number of carbonyl (C=O) groups excluding carboxylic acids is 2. The number of likely N-dealkylation sites (tertiary alicyclic amines) is 2. The number of rotatable bonds is 5. The molecule has 0 aliphatic carbocycles. The van der Waals surface area contributed by atoms with Crippen LogP contribution in [0.25, 0.3) is 0 Å². The van der Waals surface area contributed by atoms with Gasteiger partial charge in [0.25, 0.3) is 0 Å². The van der Waals surface area contributed by atoms with Gasteiger partial charge in [-0.15, -0.1) is 0 Å². The molecule has 0 spiro atoms. The van der Waals surface area contributed by atoms with Gasteiger partial charge in [0.05, 0.1) is 12.1 Å². The highest BCUT2D eigenvalue weighted by atomic mass is 16.2. The molecule has 27 heavy (non-hydrogen) atoms. The molecule has 1 aromatic carbocycles. The third-order valence-corrected chi connectivity index (χ3v) is 6.13. The minimum Gasteiger partial charge on any atom is -0.348 e. The second-order valence-corrected chi connectivity index (χ2v) is 8.01. The third-order valence-electron chi connectivity index (χ3n) is 6.13. The third kappa shape index (κ3) is 5.10. The largest absolute Gasteiger partial charge is 0.348 e. The van der Waals surface area contributed by atoms with Crippen LogP contribution in [0, 0.1) is 5.92 Å². The van der Waals surface area contributed by atoms with Gasteiger partial charge in [0.15, 0.2) is 0 Å². The van der Waals surface area contributed by atoms with Crippen molar-refractivity contribution in [2.24, 2.45) is 5.92 Å². The maximum absolute atomic E-state index is 12.7. The molecule has 0 radical (unpaired) electrons. The van der Waals surface area contributed by atoms with Crippen molar-refractivity contribution in [2.45, 2.75) is 58.0 Å². The van der Waals surface area contributed by atoms with E-state index in [-0.39, 0.29) is 23.9 Å². The Morgan fingerprint density at radius 2 is 1.59 bits per heavy atom. The highest BCUT2D eigenvalue weighted by molar-refractivity contribution is 5.82. The molecule has 1 aromatic rings. The van der Waals surface area contributed by atoms with Gasteiger partial charge in [-0.1, -0.05) is 30.3 Å². The number of amides is 2. The van der Waals surface area contributed by atoms with Crippen molar-refractivity contribution in [3.8, 4) is 0 Å². The monoisotopic (exact) mass is 371 g/mol. The second-order valence-electron chi connectivity index (χ2n) is 8.01. The van der Waals surface area contributed by atoms with Gasteiger partial charge in [0, 0.05) is 19.0 Å². The first-order valence-corrected chi connectivity index (χ1v) is 10.4. The summed E-state index contributed by atoms with van der Waals surface area (Å²) in [4.78, 5) is 29.6. The summed E-state index contributed by atoms with van der Waals surface area (Å²) in [6.07, 6.45) is 5.25. The fourth-order valence-corrected chi connectivity index (χ4v) is 4.23. The molecule has 0 aromatic heterocycles. The fraction of sp³-hybridized carbons (Fsp3) is 0.636. The minimum absolute atomic E-state index is 0.000585. The zero-order valence-electron chi connectivity index (χ0n) is 16.7. The lowest BCUT2D eigenvalue weighted by molar-refractivity contribution is -0.138. The van der Waals surface area contributed by atoms with Crippen molar-refractivity contribution in [1.29, 1.82) is 0 Å². The summed E-state index contributed by atoms with van der Waals surface area (Å²) in [5.41, 5.74) is 1.11. The van der Waals surface area contributed by atoms with Gasteiger partial charge in [0.2, 0.25) is 11.8 Å². The van der Waals surface area contributed by atoms with Gasteiger partial charge in [0.1, 0.15) is 0 Å². The first-order chi connectivity index (χ1) is 13.1. The molecule has 2 saturated heterocycles. The number of carbonyl (C=O) groups is 2. The normalized spacial score (nSPS) is 21.5. The Bertz CT molecular complexity index is 620. The highest BCUT2D eigenvalue weighted by Gasteiger charge is 2.32. The van der Waals surface area contributed by atoms with Crippen LogP contribution in [0.5, 0.6) is 0 Å². The summed E-state index contributed by atoms with van der Waals surface area (Å²) in [5, 5.41) is 3.12. The molecule has 2 fully saturated rings. The number of piperidine rings is 2. The van der Waals surface area contributed by atoms with Gasteiger partial charge in [-0.05, 0) is 64.6 Å². The fourth-order valence-electron chi connectivity index (χ4n) is 4.23. The van der Waals surface area contributed by atoms with Crippen LogP contribution in [-0.4, -0.2) is 53.8 Å². The molecule has 2 aliphatic heterocycles. The summed E-state index contributed by atoms with van der Waals surface area (Å²) < 4.78 is 0. The summed E-state index contributed by atoms with van der Waals surface area (Å²) in [6.45, 7) is 7.48. The minimum atomic E-state index is -0.165. The summed E-state index contributed by atoms with van der Waals surface area (Å²) >= 11 is 0. The molecular weight excluding hydrogens is 338 g/mol. The Morgan fingerprint density at radius 1 is 0.963 bits per heavy atom. The standard InChI is InChI=1S/C22H33N3O2/c1-17(19-9-5-3-6-10-19)23-21(26)18(2)24-15-11-20(12-16-24)22(27)25-13-7-4-8-14-25/h3,5-6,9-10,17-18,20H,4,7-8,11-16H2,1-2H3,(H,23,26). The van der Waals surface area contributed by atoms with E-state index in [0.717, 1.165) is 57.4 Å². The molecule has 1 N–H and O–H groups in total. The van der Waals surface area contributed by atoms with E-state index in [1.165, 1.54) is 6.42 Å². The molecule has 2 aliphatic rings. The Kier molecular flexibility index (Phi) is 6.89. The van der Waals surface area contributed by atoms with Gasteiger partial charge in [-0.2, -0.15) is 0 Å². The van der Waals surface area contributed by atoms with Crippen LogP contribution < -0.4 is 5.32 Å². The predicted molar refractivity (Wildman–Crippen MR) is 107 cm³/mol. The van der Waals surface area contributed by atoms with E-state index in [9.17, 15) is 9.59 Å². The first kappa shape index (κ1) is 19.9. The maximum atomic E-state index is 12.7. The first-order valence-electron chi connectivity index (χ1n) is 10.4. The molecule has 2 amide bonds. The van der Waals surface area contributed by atoms with Crippen LogP contribution in [-0.2, 0) is 9.59 Å². The van der Waals surface area contributed by atoms with Crippen LogP contribution in [0.15, 0.2) is 30.3 Å². The second kappa shape index (κ2) is 9.36. The van der Waals surface area contributed by atoms with E-state index in [1.807, 2.05) is 44.2 Å². The average Bonchev–Trinajstić information content (AvgIpc) is 2.74. The summed E-state index contributed by atoms with van der Waals surface area (Å²) in [5.74, 6) is 0.536. The Labute approximate surface area is 163 Å². The maximum Gasteiger partial charge on any atom is 0.237 e. The zero-order chi connectivity index (χ0) is 19.2. The SMILES string of the molecule is CC(NC(=O)C(C)N1CCC(C(=O)N2CCCCC2)CC1)c1ccccc1. The van der Waals surface area contributed by atoms with Crippen molar-refractivity contribution in [2.75, 3.05) is 26.2 Å². The lowest BCUT2D eigenvalue weighted by Gasteiger charge is -2.37. The smallest absolute Gasteiger partial charge is 0.237 e. The molecular formula is C22H33N3O2. The summed E-state index contributed by atoms with van der Waals surface area (Å²) in [7, 11) is 0. The quantitative estimate of drug-likeness (QED) is 0.866. The summed E-state index contributed by atoms with van der Waals surface area (Å²) in [6, 6.07) is 9.87. The van der Waals surface area contributed by atoms with E-state index >= 15 is 0 Å². The molecule has 2 unspecified atom stereocenters. The molecule has 2 atom stereocenters. The van der Waals surface area contributed by atoms with E-state index in [4.69, 9.17) is 0 Å². The van der Waals surface area contributed by atoms with Crippen molar-refractivity contribution in [3.63, 3.8) is 0 Å². The molecule has 2 heterocycles. The van der Waals surface area contributed by atoms with Gasteiger partial charge >= 0.3 is 0 Å². The van der Waals surface area contributed by atoms with Gasteiger partial charge in [-0.3, -0.25) is 14.5 Å². The number of nitrogens with one attached hydrogen (secondary N) is 1. The number of benzene rings is 1. The van der Waals surface area contributed by atoms with Gasteiger partial charge < -0.3 is 10.2 Å². The van der Waals surface area contributed by atoms with Crippen LogP contribution in [0.3, 0.4) is 0 Å². The molecule has 5 heteroatoms. The highest BCUT2D eigenvalue weighted by Crippen LogP contribution is 2.23. The lowest BCUT2D eigenvalue weighted by Crippen LogP contribution is -2.50. The van der Waals surface area contributed by atoms with Crippen LogP contribution >= 0.6 is 0 Å². The Hall–Kier alpha value is -1.88. The molecule has 0 bridgehead atoms. The van der Waals surface area contributed by atoms with Gasteiger partial charge in [-0.25, -0.2) is 0 Å². The number of hydrogen-bond acceptors (Lipinski definition) is 3.